The summed E-state index contributed by atoms with van der Waals surface area (Å²) in [5, 5.41) is 3.70. The monoisotopic (exact) mass is 323 g/mol. The van der Waals surface area contributed by atoms with E-state index in [9.17, 15) is 4.79 Å². The lowest BCUT2D eigenvalue weighted by molar-refractivity contribution is -0.115. The fraction of sp³-hybridized carbons (Fsp3) is 0.111. The molecular formula is C18H17N3OS. The molecule has 0 bridgehead atoms. The molecule has 3 rings (SSSR count). The van der Waals surface area contributed by atoms with Crippen LogP contribution in [-0.2, 0) is 4.79 Å². The first-order valence-electron chi connectivity index (χ1n) is 7.30. The zero-order valence-corrected chi connectivity index (χ0v) is 13.5. The second-order valence-electron chi connectivity index (χ2n) is 5.24. The largest absolute Gasteiger partial charge is 0.399 e. The summed E-state index contributed by atoms with van der Waals surface area (Å²) in [4.78, 5) is 17.7. The van der Waals surface area contributed by atoms with Crippen molar-refractivity contribution in [2.45, 2.75) is 17.1 Å². The third-order valence-corrected chi connectivity index (χ3v) is 4.53. The number of amides is 1. The van der Waals surface area contributed by atoms with Gasteiger partial charge in [-0.15, -0.1) is 11.8 Å². The summed E-state index contributed by atoms with van der Waals surface area (Å²) in [7, 11) is 0. The number of carbonyl (C=O) groups excluding carboxylic acids is 1. The van der Waals surface area contributed by atoms with Crippen LogP contribution < -0.4 is 11.1 Å². The van der Waals surface area contributed by atoms with Crippen LogP contribution in [0.15, 0.2) is 65.7 Å². The Labute approximate surface area is 139 Å². The number of anilines is 2. The number of nitrogens with one attached hydrogen (secondary N) is 1. The molecule has 0 aliphatic carbocycles. The number of nitrogens with zero attached hydrogens (tertiary/aromatic N) is 1. The smallest absolute Gasteiger partial charge is 0.237 e. The van der Waals surface area contributed by atoms with E-state index in [4.69, 9.17) is 5.73 Å². The molecule has 116 valence electrons. The summed E-state index contributed by atoms with van der Waals surface area (Å²) in [5.41, 5.74) is 8.00. The van der Waals surface area contributed by atoms with Crippen molar-refractivity contribution in [1.29, 1.82) is 0 Å². The number of nitrogen functional groups attached to an aromatic ring is 1. The summed E-state index contributed by atoms with van der Waals surface area (Å²) < 4.78 is 0. The van der Waals surface area contributed by atoms with Crippen LogP contribution in [0.2, 0.25) is 0 Å². The van der Waals surface area contributed by atoms with Gasteiger partial charge in [-0.2, -0.15) is 0 Å². The van der Waals surface area contributed by atoms with E-state index in [1.165, 1.54) is 11.8 Å². The van der Waals surface area contributed by atoms with Crippen LogP contribution in [0.4, 0.5) is 11.4 Å². The number of aromatic nitrogens is 1. The molecular weight excluding hydrogens is 306 g/mol. The van der Waals surface area contributed by atoms with Gasteiger partial charge in [-0.05, 0) is 43.3 Å². The predicted molar refractivity (Wildman–Crippen MR) is 96.5 cm³/mol. The highest BCUT2D eigenvalue weighted by Gasteiger charge is 2.14. The number of carbonyl (C=O) groups is 1. The number of benzene rings is 2. The van der Waals surface area contributed by atoms with Gasteiger partial charge in [0.15, 0.2) is 0 Å². The second kappa shape index (κ2) is 6.71. The Balaban J connectivity index is 1.68. The Morgan fingerprint density at radius 3 is 2.70 bits per heavy atom. The van der Waals surface area contributed by atoms with Crippen LogP contribution in [0.1, 0.15) is 6.92 Å². The minimum absolute atomic E-state index is 0.0519. The molecule has 3 N–H and O–H groups in total. The molecule has 0 fully saturated rings. The molecule has 0 aliphatic heterocycles. The fourth-order valence-corrected chi connectivity index (χ4v) is 3.05. The van der Waals surface area contributed by atoms with Gasteiger partial charge >= 0.3 is 0 Å². The van der Waals surface area contributed by atoms with E-state index in [2.05, 4.69) is 10.3 Å². The van der Waals surface area contributed by atoms with Gasteiger partial charge < -0.3 is 11.1 Å². The first-order chi connectivity index (χ1) is 11.1. The van der Waals surface area contributed by atoms with Crippen LogP contribution in [-0.4, -0.2) is 16.1 Å². The van der Waals surface area contributed by atoms with Crippen molar-refractivity contribution >= 4 is 39.9 Å². The number of fused-ring (bicyclic) bond motifs is 1. The van der Waals surface area contributed by atoms with Gasteiger partial charge in [-0.3, -0.25) is 9.78 Å². The highest BCUT2D eigenvalue weighted by atomic mass is 32.2. The summed E-state index contributed by atoms with van der Waals surface area (Å²) >= 11 is 1.50. The third kappa shape index (κ3) is 3.81. The molecule has 1 aromatic heterocycles. The van der Waals surface area contributed by atoms with Crippen molar-refractivity contribution in [3.63, 3.8) is 0 Å². The van der Waals surface area contributed by atoms with E-state index >= 15 is 0 Å². The van der Waals surface area contributed by atoms with Gasteiger partial charge in [0.05, 0.1) is 22.7 Å². The molecule has 3 aromatic rings. The van der Waals surface area contributed by atoms with E-state index < -0.39 is 0 Å². The lowest BCUT2D eigenvalue weighted by Crippen LogP contribution is -2.22. The van der Waals surface area contributed by atoms with Crippen molar-refractivity contribution in [1.82, 2.24) is 4.98 Å². The number of hydrogen-bond donors (Lipinski definition) is 2. The number of para-hydroxylation sites is 1. The lowest BCUT2D eigenvalue weighted by Gasteiger charge is -2.12. The molecule has 0 spiro atoms. The number of nitrogens with two attached hydrogens (primary N) is 1. The Kier molecular flexibility index (Phi) is 4.48. The highest BCUT2D eigenvalue weighted by Crippen LogP contribution is 2.25. The van der Waals surface area contributed by atoms with Crippen LogP contribution in [0.3, 0.4) is 0 Å². The SMILES string of the molecule is C[C@@H](Sc1ccc(N)cc1)C(=O)Nc1cnc2ccccc2c1. The zero-order valence-electron chi connectivity index (χ0n) is 12.7. The number of rotatable bonds is 4. The van der Waals surface area contributed by atoms with E-state index in [1.807, 2.05) is 61.5 Å². The standard InChI is InChI=1S/C18H17N3OS/c1-12(23-16-8-6-14(19)7-9-16)18(22)21-15-10-13-4-2-3-5-17(13)20-11-15/h2-12H,19H2,1H3,(H,21,22)/t12-/m1/s1. The molecule has 1 amide bonds. The van der Waals surface area contributed by atoms with Crippen LogP contribution in [0.5, 0.6) is 0 Å². The van der Waals surface area contributed by atoms with E-state index in [1.54, 1.807) is 6.20 Å². The van der Waals surface area contributed by atoms with Gasteiger partial charge in [0.25, 0.3) is 0 Å². The normalized spacial score (nSPS) is 12.0. The Morgan fingerprint density at radius 2 is 1.91 bits per heavy atom. The molecule has 0 aliphatic rings. The summed E-state index contributed by atoms with van der Waals surface area (Å²) in [6, 6.07) is 17.3. The molecule has 4 nitrogen and oxygen atoms in total. The van der Waals surface area contributed by atoms with Crippen LogP contribution >= 0.6 is 11.8 Å². The van der Waals surface area contributed by atoms with Crippen molar-refractivity contribution in [2.24, 2.45) is 0 Å². The average molecular weight is 323 g/mol. The summed E-state index contributed by atoms with van der Waals surface area (Å²) in [6.45, 7) is 1.88. The third-order valence-electron chi connectivity index (χ3n) is 3.42. The summed E-state index contributed by atoms with van der Waals surface area (Å²) in [5.74, 6) is -0.0519. The summed E-state index contributed by atoms with van der Waals surface area (Å²) in [6.07, 6.45) is 1.68. The van der Waals surface area contributed by atoms with Gasteiger partial charge in [0, 0.05) is 16.0 Å². The number of pyridine rings is 1. The second-order valence-corrected chi connectivity index (χ2v) is 6.65. The predicted octanol–water partition coefficient (Wildman–Crippen LogP) is 3.94. The Morgan fingerprint density at radius 1 is 1.17 bits per heavy atom. The van der Waals surface area contributed by atoms with Crippen LogP contribution in [0, 0.1) is 0 Å². The van der Waals surface area contributed by atoms with E-state index in [0.717, 1.165) is 15.8 Å². The van der Waals surface area contributed by atoms with Gasteiger partial charge in [0.1, 0.15) is 0 Å². The maximum atomic E-state index is 12.3. The van der Waals surface area contributed by atoms with E-state index in [-0.39, 0.29) is 11.2 Å². The fourth-order valence-electron chi connectivity index (χ4n) is 2.19. The number of thioether (sulfide) groups is 1. The van der Waals surface area contributed by atoms with Gasteiger partial charge in [-0.1, -0.05) is 18.2 Å². The molecule has 23 heavy (non-hydrogen) atoms. The molecule has 0 unspecified atom stereocenters. The van der Waals surface area contributed by atoms with Crippen molar-refractivity contribution < 1.29 is 4.79 Å². The van der Waals surface area contributed by atoms with Crippen molar-refractivity contribution in [3.8, 4) is 0 Å². The first kappa shape index (κ1) is 15.4. The topological polar surface area (TPSA) is 68.0 Å². The first-order valence-corrected chi connectivity index (χ1v) is 8.17. The highest BCUT2D eigenvalue weighted by molar-refractivity contribution is 8.00. The molecule has 1 atom stereocenters. The average Bonchev–Trinajstić information content (AvgIpc) is 2.56. The Hall–Kier alpha value is -2.53. The van der Waals surface area contributed by atoms with E-state index in [0.29, 0.717) is 11.4 Å². The molecule has 0 saturated heterocycles. The lowest BCUT2D eigenvalue weighted by atomic mass is 10.2. The Bertz CT molecular complexity index is 833. The minimum Gasteiger partial charge on any atom is -0.399 e. The maximum absolute atomic E-state index is 12.3. The maximum Gasteiger partial charge on any atom is 0.237 e. The van der Waals surface area contributed by atoms with Crippen molar-refractivity contribution in [2.75, 3.05) is 11.1 Å². The van der Waals surface area contributed by atoms with Crippen molar-refractivity contribution in [3.05, 3.63) is 60.8 Å². The molecule has 5 heteroatoms. The van der Waals surface area contributed by atoms with Gasteiger partial charge in [0.2, 0.25) is 5.91 Å². The molecule has 2 aromatic carbocycles. The molecule has 1 heterocycles. The molecule has 0 radical (unpaired) electrons. The molecule has 0 saturated carbocycles. The van der Waals surface area contributed by atoms with Crippen LogP contribution in [0.25, 0.3) is 10.9 Å². The number of hydrogen-bond acceptors (Lipinski definition) is 4. The quantitative estimate of drug-likeness (QED) is 0.564. The minimum atomic E-state index is -0.218. The zero-order chi connectivity index (χ0) is 16.2. The van der Waals surface area contributed by atoms with Gasteiger partial charge in [-0.25, -0.2) is 0 Å².